The van der Waals surface area contributed by atoms with Gasteiger partial charge in [0.2, 0.25) is 5.78 Å². The van der Waals surface area contributed by atoms with Crippen molar-refractivity contribution in [3.63, 3.8) is 0 Å². The maximum absolute atomic E-state index is 13.4. The smallest absolute Gasteiger partial charge is 0.253 e. The van der Waals surface area contributed by atoms with Crippen molar-refractivity contribution in [1.82, 2.24) is 24.6 Å². The number of carbonyl (C=O) groups is 1. The Morgan fingerprint density at radius 3 is 2.57 bits per heavy atom. The molecule has 0 spiro atoms. The fraction of sp³-hybridized carbons (Fsp3) is 0.240. The molecule has 0 saturated carbocycles. The number of hydrogen-bond acceptors (Lipinski definition) is 7. The number of methoxy groups -OCH3 is 1. The summed E-state index contributed by atoms with van der Waals surface area (Å²) in [6, 6.07) is 17.2. The Labute approximate surface area is 205 Å². The predicted molar refractivity (Wildman–Crippen MR) is 134 cm³/mol. The molecule has 5 rings (SSSR count). The zero-order chi connectivity index (χ0) is 24.5. The number of thioether (sulfide) groups is 1. The monoisotopic (exact) mass is 488 g/mol. The van der Waals surface area contributed by atoms with Crippen molar-refractivity contribution in [2.45, 2.75) is 31.5 Å². The van der Waals surface area contributed by atoms with E-state index in [0.717, 1.165) is 28.2 Å². The van der Waals surface area contributed by atoms with Gasteiger partial charge in [-0.3, -0.25) is 19.0 Å². The van der Waals surface area contributed by atoms with Gasteiger partial charge in [0.25, 0.3) is 11.5 Å². The van der Waals surface area contributed by atoms with Crippen LogP contribution in [0.1, 0.15) is 34.8 Å². The molecular weight excluding hydrogens is 464 g/mol. The van der Waals surface area contributed by atoms with Crippen molar-refractivity contribution in [2.24, 2.45) is 5.10 Å². The standard InChI is InChI=1S/C25H24N6O3S/c1-15-4-6-18(7-5-15)21-13-20(17-8-10-19(34-3)11-9-17)29-31(21)23(33)14-35-25-28-27-24-26-22(32)12-16(2)30(24)25/h4-12,21H,13-14H2,1-3H3,(H,26,27,32)/t21-/m0/s1. The van der Waals surface area contributed by atoms with Gasteiger partial charge in [0.1, 0.15) is 5.75 Å². The lowest BCUT2D eigenvalue weighted by Crippen LogP contribution is -2.28. The lowest BCUT2D eigenvalue weighted by molar-refractivity contribution is -0.130. The number of aryl methyl sites for hydroxylation is 2. The molecule has 0 unspecified atom stereocenters. The van der Waals surface area contributed by atoms with Crippen molar-refractivity contribution in [2.75, 3.05) is 12.9 Å². The van der Waals surface area contributed by atoms with E-state index in [1.165, 1.54) is 17.8 Å². The predicted octanol–water partition coefficient (Wildman–Crippen LogP) is 3.51. The fourth-order valence-electron chi connectivity index (χ4n) is 4.10. The van der Waals surface area contributed by atoms with E-state index in [0.29, 0.717) is 23.0 Å². The van der Waals surface area contributed by atoms with Crippen molar-refractivity contribution >= 4 is 29.2 Å². The van der Waals surface area contributed by atoms with Gasteiger partial charge in [-0.15, -0.1) is 10.2 Å². The molecular formula is C25H24N6O3S. The van der Waals surface area contributed by atoms with Crippen LogP contribution < -0.4 is 10.3 Å². The number of H-pyrrole nitrogens is 1. The third-order valence-electron chi connectivity index (χ3n) is 5.94. The van der Waals surface area contributed by atoms with Crippen LogP contribution in [0.3, 0.4) is 0 Å². The minimum Gasteiger partial charge on any atom is -0.497 e. The molecule has 1 N–H and O–H groups in total. The molecule has 2 aromatic heterocycles. The van der Waals surface area contributed by atoms with Crippen LogP contribution in [0.4, 0.5) is 0 Å². The van der Waals surface area contributed by atoms with E-state index in [1.54, 1.807) is 23.4 Å². The summed E-state index contributed by atoms with van der Waals surface area (Å²) in [5.41, 5.74) is 4.44. The van der Waals surface area contributed by atoms with E-state index in [2.05, 4.69) is 15.2 Å². The first-order valence-electron chi connectivity index (χ1n) is 11.1. The zero-order valence-electron chi connectivity index (χ0n) is 19.6. The Hall–Kier alpha value is -3.92. The van der Waals surface area contributed by atoms with Crippen LogP contribution in [0.25, 0.3) is 5.78 Å². The molecule has 0 saturated heterocycles. The number of ether oxygens (including phenoxy) is 1. The number of benzene rings is 2. The quantitative estimate of drug-likeness (QED) is 0.417. The summed E-state index contributed by atoms with van der Waals surface area (Å²) in [5, 5.41) is 15.0. The van der Waals surface area contributed by atoms with Gasteiger partial charge in [-0.2, -0.15) is 5.10 Å². The molecule has 1 aliphatic heterocycles. The maximum Gasteiger partial charge on any atom is 0.253 e. The highest BCUT2D eigenvalue weighted by Crippen LogP contribution is 2.34. The molecule has 10 heteroatoms. The van der Waals surface area contributed by atoms with E-state index in [9.17, 15) is 9.59 Å². The lowest BCUT2D eigenvalue weighted by atomic mass is 9.97. The van der Waals surface area contributed by atoms with Crippen LogP contribution in [0.5, 0.6) is 5.75 Å². The van der Waals surface area contributed by atoms with E-state index in [1.807, 2.05) is 55.5 Å². The van der Waals surface area contributed by atoms with Crippen LogP contribution in [-0.4, -0.2) is 49.1 Å². The fourth-order valence-corrected chi connectivity index (χ4v) is 4.94. The topological polar surface area (TPSA) is 105 Å². The lowest BCUT2D eigenvalue weighted by Gasteiger charge is -2.22. The maximum atomic E-state index is 13.4. The molecule has 2 aromatic carbocycles. The highest BCUT2D eigenvalue weighted by molar-refractivity contribution is 7.99. The minimum atomic E-state index is -0.242. The summed E-state index contributed by atoms with van der Waals surface area (Å²) in [7, 11) is 1.63. The molecule has 0 bridgehead atoms. The van der Waals surface area contributed by atoms with E-state index in [4.69, 9.17) is 9.84 Å². The van der Waals surface area contributed by atoms with Crippen LogP contribution in [0.2, 0.25) is 0 Å². The van der Waals surface area contributed by atoms with Gasteiger partial charge in [-0.1, -0.05) is 41.6 Å². The number of aromatic amines is 1. The second-order valence-corrected chi connectivity index (χ2v) is 9.29. The van der Waals surface area contributed by atoms with E-state index < -0.39 is 0 Å². The zero-order valence-corrected chi connectivity index (χ0v) is 20.4. The highest BCUT2D eigenvalue weighted by atomic mass is 32.2. The number of nitrogens with zero attached hydrogens (tertiary/aromatic N) is 5. The number of amides is 1. The second kappa shape index (κ2) is 9.38. The summed E-state index contributed by atoms with van der Waals surface area (Å²) in [5.74, 6) is 1.11. The normalized spacial score (nSPS) is 15.5. The van der Waals surface area contributed by atoms with Crippen LogP contribution in [0, 0.1) is 13.8 Å². The number of hydrazone groups is 1. The number of carbonyl (C=O) groups excluding carboxylic acids is 1. The van der Waals surface area contributed by atoms with Crippen molar-refractivity contribution in [3.05, 3.63) is 87.3 Å². The van der Waals surface area contributed by atoms with Crippen molar-refractivity contribution < 1.29 is 9.53 Å². The van der Waals surface area contributed by atoms with Crippen LogP contribution in [-0.2, 0) is 4.79 Å². The molecule has 9 nitrogen and oxygen atoms in total. The van der Waals surface area contributed by atoms with Crippen LogP contribution in [0.15, 0.2) is 69.6 Å². The van der Waals surface area contributed by atoms with Crippen molar-refractivity contribution in [1.29, 1.82) is 0 Å². The number of aromatic nitrogens is 4. The molecule has 4 aromatic rings. The second-order valence-electron chi connectivity index (χ2n) is 8.35. The highest BCUT2D eigenvalue weighted by Gasteiger charge is 2.33. The molecule has 178 valence electrons. The number of nitrogens with one attached hydrogen (secondary N) is 1. The first-order chi connectivity index (χ1) is 16.9. The Balaban J connectivity index is 1.41. The van der Waals surface area contributed by atoms with E-state index in [-0.39, 0.29) is 23.3 Å². The first kappa shape index (κ1) is 22.9. The average molecular weight is 489 g/mol. The van der Waals surface area contributed by atoms with Gasteiger partial charge >= 0.3 is 0 Å². The van der Waals surface area contributed by atoms with Gasteiger partial charge in [-0.25, -0.2) is 5.01 Å². The SMILES string of the molecule is COc1ccc(C2=NN(C(=O)CSc3nnc4[nH]c(=O)cc(C)n34)[C@H](c3ccc(C)cc3)C2)cc1. The van der Waals surface area contributed by atoms with Gasteiger partial charge in [0.15, 0.2) is 5.16 Å². The largest absolute Gasteiger partial charge is 0.497 e. The Morgan fingerprint density at radius 1 is 1.11 bits per heavy atom. The third-order valence-corrected chi connectivity index (χ3v) is 6.85. The molecule has 3 heterocycles. The Kier molecular flexibility index (Phi) is 6.12. The molecule has 35 heavy (non-hydrogen) atoms. The van der Waals surface area contributed by atoms with Gasteiger partial charge in [0, 0.05) is 18.2 Å². The summed E-state index contributed by atoms with van der Waals surface area (Å²) in [4.78, 5) is 27.8. The number of hydrogen-bond donors (Lipinski definition) is 1. The summed E-state index contributed by atoms with van der Waals surface area (Å²) in [6.45, 7) is 3.84. The molecule has 1 amide bonds. The van der Waals surface area contributed by atoms with Gasteiger partial charge < -0.3 is 4.74 Å². The molecule has 0 radical (unpaired) electrons. The van der Waals surface area contributed by atoms with Crippen LogP contribution >= 0.6 is 11.8 Å². The summed E-state index contributed by atoms with van der Waals surface area (Å²) < 4.78 is 6.99. The Morgan fingerprint density at radius 2 is 1.86 bits per heavy atom. The summed E-state index contributed by atoms with van der Waals surface area (Å²) >= 11 is 1.26. The van der Waals surface area contributed by atoms with Gasteiger partial charge in [-0.05, 0) is 49.2 Å². The first-order valence-corrected chi connectivity index (χ1v) is 12.1. The molecule has 0 fully saturated rings. The average Bonchev–Trinajstić information content (AvgIpc) is 3.48. The third kappa shape index (κ3) is 4.57. The number of fused-ring (bicyclic) bond motifs is 1. The summed E-state index contributed by atoms with van der Waals surface area (Å²) in [6.07, 6.45) is 0.611. The molecule has 0 aliphatic carbocycles. The number of rotatable bonds is 6. The van der Waals surface area contributed by atoms with Crippen molar-refractivity contribution in [3.8, 4) is 5.75 Å². The van der Waals surface area contributed by atoms with E-state index >= 15 is 0 Å². The van der Waals surface area contributed by atoms with Gasteiger partial charge in [0.05, 0.1) is 24.6 Å². The Bertz CT molecular complexity index is 1470. The molecule has 1 aliphatic rings. The molecule has 1 atom stereocenters. The minimum absolute atomic E-state index is 0.126.